The molecular formula is C15H22O. The van der Waals surface area contributed by atoms with Crippen molar-refractivity contribution < 1.29 is 4.79 Å². The van der Waals surface area contributed by atoms with Gasteiger partial charge in [0.1, 0.15) is 0 Å². The number of carbonyl (C=O) groups is 1. The van der Waals surface area contributed by atoms with Crippen LogP contribution in [0, 0.1) is 0 Å². The highest BCUT2D eigenvalue weighted by molar-refractivity contribution is 6.06. The summed E-state index contributed by atoms with van der Waals surface area (Å²) in [7, 11) is 0. The molecular weight excluding hydrogens is 196 g/mol. The van der Waals surface area contributed by atoms with E-state index in [2.05, 4.69) is 19.6 Å². The van der Waals surface area contributed by atoms with E-state index in [4.69, 9.17) is 0 Å². The lowest BCUT2D eigenvalue weighted by atomic mass is 10.0. The molecule has 0 aromatic heterocycles. The van der Waals surface area contributed by atoms with Crippen LogP contribution in [-0.2, 0) is 4.79 Å². The number of unbranched alkanes of at least 4 members (excludes halogenated alkanes) is 2. The van der Waals surface area contributed by atoms with Crippen LogP contribution in [0.25, 0.3) is 0 Å². The van der Waals surface area contributed by atoms with Gasteiger partial charge in [-0.25, -0.2) is 0 Å². The van der Waals surface area contributed by atoms with E-state index in [1.54, 1.807) is 6.08 Å². The Labute approximate surface area is 98.9 Å². The van der Waals surface area contributed by atoms with Crippen LogP contribution in [-0.4, -0.2) is 5.78 Å². The molecule has 1 nitrogen and oxygen atoms in total. The Morgan fingerprint density at radius 3 is 2.88 bits per heavy atom. The standard InChI is InChI=1S/C15H22O/c1-3-8-13(2)9-5-4-6-10-14-11-7-12-15(14)16/h7,10,12H,2-6,8-9,11H2,1H3/b14-10+. The molecule has 0 heterocycles. The molecule has 16 heavy (non-hydrogen) atoms. The van der Waals surface area contributed by atoms with E-state index in [0.29, 0.717) is 0 Å². The van der Waals surface area contributed by atoms with Gasteiger partial charge in [-0.3, -0.25) is 4.79 Å². The maximum Gasteiger partial charge on any atom is 0.181 e. The fraction of sp³-hybridized carbons (Fsp3) is 0.533. The van der Waals surface area contributed by atoms with Gasteiger partial charge in [0.15, 0.2) is 5.78 Å². The maximum atomic E-state index is 11.3. The van der Waals surface area contributed by atoms with Crippen LogP contribution in [0.15, 0.2) is 36.0 Å². The van der Waals surface area contributed by atoms with Gasteiger partial charge in [0, 0.05) is 0 Å². The second-order valence-electron chi connectivity index (χ2n) is 4.45. The van der Waals surface area contributed by atoms with Gasteiger partial charge in [0.25, 0.3) is 0 Å². The lowest BCUT2D eigenvalue weighted by Gasteiger charge is -2.02. The summed E-state index contributed by atoms with van der Waals surface area (Å²) in [4.78, 5) is 11.3. The smallest absolute Gasteiger partial charge is 0.181 e. The first-order chi connectivity index (χ1) is 7.74. The summed E-state index contributed by atoms with van der Waals surface area (Å²) < 4.78 is 0. The molecule has 0 N–H and O–H groups in total. The van der Waals surface area contributed by atoms with Crippen LogP contribution >= 0.6 is 0 Å². The molecule has 1 aliphatic carbocycles. The first-order valence-electron chi connectivity index (χ1n) is 6.30. The number of hydrogen-bond donors (Lipinski definition) is 0. The van der Waals surface area contributed by atoms with Crippen LogP contribution in [0.5, 0.6) is 0 Å². The highest BCUT2D eigenvalue weighted by Crippen LogP contribution is 2.16. The summed E-state index contributed by atoms with van der Waals surface area (Å²) in [6, 6.07) is 0. The van der Waals surface area contributed by atoms with Gasteiger partial charge in [-0.2, -0.15) is 0 Å². The second kappa shape index (κ2) is 7.21. The third kappa shape index (κ3) is 4.61. The molecule has 0 fully saturated rings. The van der Waals surface area contributed by atoms with Crippen molar-refractivity contribution in [1.82, 2.24) is 0 Å². The van der Waals surface area contributed by atoms with E-state index in [1.807, 2.05) is 6.08 Å². The first kappa shape index (κ1) is 13.0. The van der Waals surface area contributed by atoms with Gasteiger partial charge in [-0.1, -0.05) is 37.6 Å². The van der Waals surface area contributed by atoms with Crippen molar-refractivity contribution in [3.05, 3.63) is 36.0 Å². The van der Waals surface area contributed by atoms with Crippen molar-refractivity contribution in [3.63, 3.8) is 0 Å². The Kier molecular flexibility index (Phi) is 5.84. The van der Waals surface area contributed by atoms with Gasteiger partial charge < -0.3 is 0 Å². The summed E-state index contributed by atoms with van der Waals surface area (Å²) in [5, 5.41) is 0. The summed E-state index contributed by atoms with van der Waals surface area (Å²) in [6.45, 7) is 6.24. The SMILES string of the molecule is C=C(CCC)CCCC/C=C1\CC=CC1=O. The monoisotopic (exact) mass is 218 g/mol. The molecule has 1 rings (SSSR count). The van der Waals surface area contributed by atoms with Crippen LogP contribution in [0.4, 0.5) is 0 Å². The van der Waals surface area contributed by atoms with Crippen LogP contribution in [0.2, 0.25) is 0 Å². The number of allylic oxidation sites excluding steroid dienone is 5. The zero-order chi connectivity index (χ0) is 11.8. The van der Waals surface area contributed by atoms with Crippen LogP contribution < -0.4 is 0 Å². The van der Waals surface area contributed by atoms with Gasteiger partial charge in [0.2, 0.25) is 0 Å². The third-order valence-corrected chi connectivity index (χ3v) is 2.90. The predicted molar refractivity (Wildman–Crippen MR) is 69.4 cm³/mol. The van der Waals surface area contributed by atoms with Crippen molar-refractivity contribution in [2.75, 3.05) is 0 Å². The molecule has 0 aromatic rings. The summed E-state index contributed by atoms with van der Waals surface area (Å²) in [6.07, 6.45) is 13.4. The molecule has 0 aromatic carbocycles. The normalized spacial score (nSPS) is 17.3. The molecule has 0 saturated heterocycles. The lowest BCUT2D eigenvalue weighted by Crippen LogP contribution is -1.91. The van der Waals surface area contributed by atoms with E-state index >= 15 is 0 Å². The average Bonchev–Trinajstić information content (AvgIpc) is 2.64. The minimum absolute atomic E-state index is 0.204. The molecule has 1 aliphatic rings. The third-order valence-electron chi connectivity index (χ3n) is 2.90. The molecule has 0 aliphatic heterocycles. The Hall–Kier alpha value is -1.11. The Bertz CT molecular complexity index is 307. The highest BCUT2D eigenvalue weighted by atomic mass is 16.1. The topological polar surface area (TPSA) is 17.1 Å². The highest BCUT2D eigenvalue weighted by Gasteiger charge is 2.09. The summed E-state index contributed by atoms with van der Waals surface area (Å²) >= 11 is 0. The fourth-order valence-corrected chi connectivity index (χ4v) is 1.96. The minimum atomic E-state index is 0.204. The van der Waals surface area contributed by atoms with Crippen molar-refractivity contribution in [3.8, 4) is 0 Å². The first-order valence-corrected chi connectivity index (χ1v) is 6.30. The fourth-order valence-electron chi connectivity index (χ4n) is 1.96. The summed E-state index contributed by atoms with van der Waals surface area (Å²) in [5.41, 5.74) is 2.35. The molecule has 0 spiro atoms. The number of rotatable bonds is 7. The number of hydrogen-bond acceptors (Lipinski definition) is 1. The predicted octanol–water partition coefficient (Wildman–Crippen LogP) is 4.36. The molecule has 0 bridgehead atoms. The van der Waals surface area contributed by atoms with Gasteiger partial charge in [-0.15, -0.1) is 0 Å². The number of ketones is 1. The molecule has 0 saturated carbocycles. The van der Waals surface area contributed by atoms with E-state index in [9.17, 15) is 4.79 Å². The maximum absolute atomic E-state index is 11.3. The minimum Gasteiger partial charge on any atom is -0.290 e. The van der Waals surface area contributed by atoms with Crippen molar-refractivity contribution in [1.29, 1.82) is 0 Å². The Balaban J connectivity index is 2.08. The van der Waals surface area contributed by atoms with Crippen LogP contribution in [0.3, 0.4) is 0 Å². The van der Waals surface area contributed by atoms with Gasteiger partial charge in [-0.05, 0) is 50.2 Å². The molecule has 0 radical (unpaired) electrons. The largest absolute Gasteiger partial charge is 0.290 e. The van der Waals surface area contributed by atoms with Crippen LogP contribution in [0.1, 0.15) is 51.9 Å². The molecule has 0 atom stereocenters. The Morgan fingerprint density at radius 1 is 1.44 bits per heavy atom. The van der Waals surface area contributed by atoms with E-state index in [-0.39, 0.29) is 5.78 Å². The molecule has 0 unspecified atom stereocenters. The van der Waals surface area contributed by atoms with E-state index < -0.39 is 0 Å². The Morgan fingerprint density at radius 2 is 2.25 bits per heavy atom. The van der Waals surface area contributed by atoms with E-state index in [0.717, 1.165) is 31.3 Å². The van der Waals surface area contributed by atoms with Crippen molar-refractivity contribution in [2.24, 2.45) is 0 Å². The molecule has 0 amide bonds. The zero-order valence-corrected chi connectivity index (χ0v) is 10.3. The number of carbonyl (C=O) groups excluding carboxylic acids is 1. The molecule has 1 heteroatoms. The van der Waals surface area contributed by atoms with Gasteiger partial charge >= 0.3 is 0 Å². The van der Waals surface area contributed by atoms with E-state index in [1.165, 1.54) is 24.8 Å². The quantitative estimate of drug-likeness (QED) is 0.352. The average molecular weight is 218 g/mol. The van der Waals surface area contributed by atoms with Crippen molar-refractivity contribution in [2.45, 2.75) is 51.9 Å². The summed E-state index contributed by atoms with van der Waals surface area (Å²) in [5.74, 6) is 0.204. The molecule has 88 valence electrons. The lowest BCUT2D eigenvalue weighted by molar-refractivity contribution is -0.111. The zero-order valence-electron chi connectivity index (χ0n) is 10.3. The van der Waals surface area contributed by atoms with Crippen molar-refractivity contribution >= 4 is 5.78 Å². The second-order valence-corrected chi connectivity index (χ2v) is 4.45. The van der Waals surface area contributed by atoms with Gasteiger partial charge in [0.05, 0.1) is 0 Å².